The number of aromatic nitrogens is 2. The number of carbonyl (C=O) groups excluding carboxylic acids is 2. The maximum atomic E-state index is 12.9. The van der Waals surface area contributed by atoms with Crippen LogP contribution >= 0.6 is 0 Å². The molecule has 4 aliphatic rings. The van der Waals surface area contributed by atoms with Crippen LogP contribution in [0.3, 0.4) is 0 Å². The number of hydrogen-bond acceptors (Lipinski definition) is 8. The molecule has 2 unspecified atom stereocenters. The van der Waals surface area contributed by atoms with Gasteiger partial charge in [-0.3, -0.25) is 9.69 Å². The number of hydrogen-bond donors (Lipinski definition) is 0. The summed E-state index contributed by atoms with van der Waals surface area (Å²) in [5.74, 6) is 2.21. The highest BCUT2D eigenvalue weighted by Gasteiger charge is 2.54. The van der Waals surface area contributed by atoms with E-state index in [9.17, 15) is 9.59 Å². The predicted octanol–water partition coefficient (Wildman–Crippen LogP) is 0.226. The summed E-state index contributed by atoms with van der Waals surface area (Å²) in [4.78, 5) is 37.0. The van der Waals surface area contributed by atoms with Gasteiger partial charge in [-0.2, -0.15) is 4.98 Å². The molecule has 0 radical (unpaired) electrons. The monoisotopic (exact) mass is 404 g/mol. The second-order valence-electron chi connectivity index (χ2n) is 9.19. The van der Waals surface area contributed by atoms with E-state index in [1.165, 1.54) is 4.90 Å². The van der Waals surface area contributed by atoms with E-state index >= 15 is 0 Å². The molecular formula is C19H28N6O4. The molecule has 0 bridgehead atoms. The molecule has 1 aliphatic carbocycles. The molecule has 1 saturated carbocycles. The normalized spacial score (nSPS) is 29.1. The van der Waals surface area contributed by atoms with Crippen molar-refractivity contribution in [1.82, 2.24) is 24.8 Å². The van der Waals surface area contributed by atoms with Gasteiger partial charge >= 0.3 is 6.09 Å². The molecule has 0 aromatic carbocycles. The van der Waals surface area contributed by atoms with Crippen LogP contribution in [0.2, 0.25) is 0 Å². The van der Waals surface area contributed by atoms with Crippen molar-refractivity contribution in [3.05, 3.63) is 5.89 Å². The maximum Gasteiger partial charge on any atom is 0.410 e. The molecule has 4 fully saturated rings. The quantitative estimate of drug-likeness (QED) is 0.665. The molecule has 1 aromatic rings. The largest absolute Gasteiger partial charge is 0.448 e. The third kappa shape index (κ3) is 3.43. The summed E-state index contributed by atoms with van der Waals surface area (Å²) in [6.07, 6.45) is 1.88. The average Bonchev–Trinajstić information content (AvgIpc) is 2.98. The molecule has 0 spiro atoms. The van der Waals surface area contributed by atoms with Gasteiger partial charge in [0.2, 0.25) is 11.8 Å². The third-order valence-corrected chi connectivity index (χ3v) is 6.55. The topological polar surface area (TPSA) is 95.2 Å². The van der Waals surface area contributed by atoms with Crippen LogP contribution in [-0.4, -0.2) is 103 Å². The van der Waals surface area contributed by atoms with Crippen LogP contribution in [0.15, 0.2) is 4.52 Å². The van der Waals surface area contributed by atoms with Crippen LogP contribution in [-0.2, 0) is 9.53 Å². The number of carbonyl (C=O) groups is 2. The fraction of sp³-hybridized carbons (Fsp3) is 0.789. The van der Waals surface area contributed by atoms with E-state index in [1.807, 2.05) is 4.90 Å². The number of amides is 2. The lowest BCUT2D eigenvalue weighted by Gasteiger charge is -2.32. The predicted molar refractivity (Wildman–Crippen MR) is 102 cm³/mol. The number of fused-ring (bicyclic) bond motifs is 1. The molecule has 4 heterocycles. The van der Waals surface area contributed by atoms with Gasteiger partial charge in [-0.25, -0.2) is 4.79 Å². The van der Waals surface area contributed by atoms with Gasteiger partial charge in [0.05, 0.1) is 6.54 Å². The summed E-state index contributed by atoms with van der Waals surface area (Å²) in [6.45, 7) is 4.82. The molecule has 29 heavy (non-hydrogen) atoms. The van der Waals surface area contributed by atoms with Crippen molar-refractivity contribution in [1.29, 1.82) is 0 Å². The van der Waals surface area contributed by atoms with Crippen molar-refractivity contribution in [3.63, 3.8) is 0 Å². The number of nitrogens with zero attached hydrogens (tertiary/aromatic N) is 6. The van der Waals surface area contributed by atoms with Gasteiger partial charge in [0, 0.05) is 50.0 Å². The zero-order chi connectivity index (χ0) is 20.2. The van der Waals surface area contributed by atoms with Crippen LogP contribution in [0.1, 0.15) is 24.7 Å². The van der Waals surface area contributed by atoms with Gasteiger partial charge < -0.3 is 24.0 Å². The zero-order valence-electron chi connectivity index (χ0n) is 17.0. The molecule has 10 heteroatoms. The first-order chi connectivity index (χ1) is 13.9. The molecule has 5 rings (SSSR count). The number of anilines is 1. The Hall–Kier alpha value is -2.36. The summed E-state index contributed by atoms with van der Waals surface area (Å²) in [5, 5.41) is 4.22. The second-order valence-corrected chi connectivity index (χ2v) is 9.19. The van der Waals surface area contributed by atoms with Crippen molar-refractivity contribution in [2.24, 2.45) is 11.3 Å². The first-order valence-corrected chi connectivity index (χ1v) is 10.4. The lowest BCUT2D eigenvalue weighted by Crippen LogP contribution is -2.45. The highest BCUT2D eigenvalue weighted by Crippen LogP contribution is 2.45. The summed E-state index contributed by atoms with van der Waals surface area (Å²) in [7, 11) is 4.14. The van der Waals surface area contributed by atoms with Gasteiger partial charge in [0.25, 0.3) is 5.95 Å². The van der Waals surface area contributed by atoms with E-state index in [2.05, 4.69) is 34.0 Å². The SMILES string of the molecule is CN(C)CC12CN(C(=O)CN3CCOC3=O)CC1CN(c1noc(C3CC3)n1)C2. The van der Waals surface area contributed by atoms with E-state index in [0.29, 0.717) is 44.0 Å². The number of likely N-dealkylation sites (tertiary alicyclic amines) is 1. The summed E-state index contributed by atoms with van der Waals surface area (Å²) < 4.78 is 10.4. The van der Waals surface area contributed by atoms with Crippen molar-refractivity contribution >= 4 is 17.9 Å². The summed E-state index contributed by atoms with van der Waals surface area (Å²) >= 11 is 0. The summed E-state index contributed by atoms with van der Waals surface area (Å²) in [6, 6.07) is 0. The smallest absolute Gasteiger partial charge is 0.410 e. The second kappa shape index (κ2) is 6.86. The lowest BCUT2D eigenvalue weighted by molar-refractivity contribution is -0.131. The van der Waals surface area contributed by atoms with E-state index in [-0.39, 0.29) is 17.9 Å². The molecule has 2 amide bonds. The standard InChI is InChI=1S/C19H28N6O4/c1-22(2)10-19-11-24(15(26)9-23-5-6-28-18(23)27)7-14(19)8-25(12-19)17-20-16(29-21-17)13-3-4-13/h13-14H,3-12H2,1-2H3. The van der Waals surface area contributed by atoms with Gasteiger partial charge in [-0.15, -0.1) is 0 Å². The lowest BCUT2D eigenvalue weighted by atomic mass is 9.80. The number of ether oxygens (including phenoxy) is 1. The Kier molecular flexibility index (Phi) is 4.41. The van der Waals surface area contributed by atoms with Gasteiger partial charge in [0.15, 0.2) is 0 Å². The Bertz CT molecular complexity index is 808. The van der Waals surface area contributed by atoms with Crippen LogP contribution in [0.4, 0.5) is 10.7 Å². The Morgan fingerprint density at radius 2 is 2.10 bits per heavy atom. The van der Waals surface area contributed by atoms with Gasteiger partial charge in [-0.1, -0.05) is 0 Å². The van der Waals surface area contributed by atoms with Crippen molar-refractivity contribution in [2.45, 2.75) is 18.8 Å². The minimum atomic E-state index is -0.393. The third-order valence-electron chi connectivity index (χ3n) is 6.55. The Labute approximate surface area is 169 Å². The first-order valence-electron chi connectivity index (χ1n) is 10.4. The molecule has 2 atom stereocenters. The van der Waals surface area contributed by atoms with Crippen molar-refractivity contribution in [3.8, 4) is 0 Å². The minimum Gasteiger partial charge on any atom is -0.448 e. The molecule has 1 aromatic heterocycles. The Morgan fingerprint density at radius 1 is 1.28 bits per heavy atom. The molecule has 3 saturated heterocycles. The molecule has 0 N–H and O–H groups in total. The Morgan fingerprint density at radius 3 is 2.79 bits per heavy atom. The van der Waals surface area contributed by atoms with Crippen LogP contribution in [0.25, 0.3) is 0 Å². The number of rotatable bonds is 6. The van der Waals surface area contributed by atoms with E-state index in [0.717, 1.165) is 38.4 Å². The minimum absolute atomic E-state index is 0.00138. The molecule has 10 nitrogen and oxygen atoms in total. The van der Waals surface area contributed by atoms with Crippen LogP contribution in [0.5, 0.6) is 0 Å². The van der Waals surface area contributed by atoms with E-state index in [4.69, 9.17) is 9.26 Å². The summed E-state index contributed by atoms with van der Waals surface area (Å²) in [5.41, 5.74) is -0.0367. The average molecular weight is 404 g/mol. The van der Waals surface area contributed by atoms with E-state index < -0.39 is 6.09 Å². The van der Waals surface area contributed by atoms with Gasteiger partial charge in [-0.05, 0) is 32.1 Å². The zero-order valence-corrected chi connectivity index (χ0v) is 17.0. The molecule has 3 aliphatic heterocycles. The first kappa shape index (κ1) is 18.7. The fourth-order valence-corrected chi connectivity index (χ4v) is 5.06. The Balaban J connectivity index is 1.28. The van der Waals surface area contributed by atoms with Gasteiger partial charge in [0.1, 0.15) is 13.2 Å². The molecular weight excluding hydrogens is 376 g/mol. The maximum absolute atomic E-state index is 12.9. The van der Waals surface area contributed by atoms with Crippen LogP contribution in [0, 0.1) is 11.3 Å². The molecule has 158 valence electrons. The number of cyclic esters (lactones) is 1. The van der Waals surface area contributed by atoms with E-state index in [1.54, 1.807) is 0 Å². The highest BCUT2D eigenvalue weighted by molar-refractivity contribution is 5.83. The van der Waals surface area contributed by atoms with Crippen LogP contribution < -0.4 is 4.90 Å². The van der Waals surface area contributed by atoms with Crippen molar-refractivity contribution in [2.75, 3.05) is 71.4 Å². The highest BCUT2D eigenvalue weighted by atomic mass is 16.6. The van der Waals surface area contributed by atoms with Crippen molar-refractivity contribution < 1.29 is 18.8 Å². The fourth-order valence-electron chi connectivity index (χ4n) is 5.06.